The summed E-state index contributed by atoms with van der Waals surface area (Å²) in [4.78, 5) is 56.6. The minimum absolute atomic E-state index is 0.0199. The second kappa shape index (κ2) is 13.1. The van der Waals surface area contributed by atoms with Gasteiger partial charge in [0.1, 0.15) is 24.2 Å². The molecule has 1 aromatic carbocycles. The van der Waals surface area contributed by atoms with Crippen LogP contribution in [0.4, 0.5) is 4.79 Å². The van der Waals surface area contributed by atoms with Crippen molar-refractivity contribution in [2.24, 2.45) is 0 Å². The van der Waals surface area contributed by atoms with E-state index in [1.807, 2.05) is 23.2 Å². The van der Waals surface area contributed by atoms with Gasteiger partial charge in [0.15, 0.2) is 0 Å². The molecule has 1 fully saturated rings. The van der Waals surface area contributed by atoms with Crippen molar-refractivity contribution in [2.45, 2.75) is 24.9 Å². The van der Waals surface area contributed by atoms with E-state index in [4.69, 9.17) is 4.98 Å². The summed E-state index contributed by atoms with van der Waals surface area (Å²) in [5.74, 6) is 1.37. The number of amides is 3. The second-order valence-electron chi connectivity index (χ2n) is 11.4. The van der Waals surface area contributed by atoms with Gasteiger partial charge in [-0.15, -0.1) is 22.7 Å². The van der Waals surface area contributed by atoms with Crippen LogP contribution in [0.1, 0.15) is 36.6 Å². The summed E-state index contributed by atoms with van der Waals surface area (Å²) in [6, 6.07) is 8.01. The molecule has 3 amide bonds. The Hall–Kier alpha value is -4.79. The van der Waals surface area contributed by atoms with Gasteiger partial charge < -0.3 is 35.1 Å². The van der Waals surface area contributed by atoms with Gasteiger partial charge in [0.2, 0.25) is 11.8 Å². The fourth-order valence-electron chi connectivity index (χ4n) is 6.25. The van der Waals surface area contributed by atoms with Crippen LogP contribution in [0.25, 0.3) is 43.0 Å². The summed E-state index contributed by atoms with van der Waals surface area (Å²) in [6.45, 7) is 1.38. The Labute approximate surface area is 278 Å². The molecular formula is C33H34N8O4S2. The molecule has 4 N–H and O–H groups in total. The van der Waals surface area contributed by atoms with Crippen LogP contribution in [-0.2, 0) is 14.3 Å². The van der Waals surface area contributed by atoms with E-state index in [0.717, 1.165) is 53.3 Å². The second-order valence-corrected chi connectivity index (χ2v) is 13.2. The minimum Gasteiger partial charge on any atom is -0.453 e. The van der Waals surface area contributed by atoms with Crippen LogP contribution < -0.4 is 10.6 Å². The SMILES string of the molecule is CNCC(=O)N1CCCC1c1nc(-c2csc3c(-c4ccc(-c5cnc(C6C=CCN6C(=O)CNC(=O)OC)[nH]5)cc4)csc23)c[nH]1. The number of methoxy groups -OCH3 is 1. The number of H-pyrrole nitrogens is 2. The normalized spacial score (nSPS) is 17.6. The number of hydrogen-bond donors (Lipinski definition) is 4. The summed E-state index contributed by atoms with van der Waals surface area (Å²) in [7, 11) is 3.05. The molecule has 4 aromatic heterocycles. The molecule has 5 aromatic rings. The van der Waals surface area contributed by atoms with Gasteiger partial charge in [-0.1, -0.05) is 36.4 Å². The Morgan fingerprint density at radius 1 is 1.00 bits per heavy atom. The van der Waals surface area contributed by atoms with Crippen LogP contribution in [0.3, 0.4) is 0 Å². The van der Waals surface area contributed by atoms with E-state index < -0.39 is 6.09 Å². The Bertz CT molecular complexity index is 1960. The molecule has 0 radical (unpaired) electrons. The summed E-state index contributed by atoms with van der Waals surface area (Å²) in [5.41, 5.74) is 6.13. The van der Waals surface area contributed by atoms with Crippen LogP contribution in [-0.4, -0.2) is 88.0 Å². The van der Waals surface area contributed by atoms with Crippen molar-refractivity contribution in [1.29, 1.82) is 0 Å². The summed E-state index contributed by atoms with van der Waals surface area (Å²) < 4.78 is 6.98. The molecule has 12 nitrogen and oxygen atoms in total. The van der Waals surface area contributed by atoms with E-state index in [9.17, 15) is 14.4 Å². The monoisotopic (exact) mass is 670 g/mol. The molecule has 6 heterocycles. The number of ether oxygens (including phenoxy) is 1. The van der Waals surface area contributed by atoms with Gasteiger partial charge in [0.25, 0.3) is 0 Å². The summed E-state index contributed by atoms with van der Waals surface area (Å²) >= 11 is 3.43. The average molecular weight is 671 g/mol. The van der Waals surface area contributed by atoms with Gasteiger partial charge in [-0.25, -0.2) is 14.8 Å². The lowest BCUT2D eigenvalue weighted by Crippen LogP contribution is -2.40. The number of imidazole rings is 2. The number of alkyl carbamates (subject to hydrolysis) is 1. The molecule has 2 unspecified atom stereocenters. The van der Waals surface area contributed by atoms with Gasteiger partial charge in [0, 0.05) is 41.2 Å². The topological polar surface area (TPSA) is 148 Å². The van der Waals surface area contributed by atoms with Crippen LogP contribution in [0.2, 0.25) is 0 Å². The maximum atomic E-state index is 12.7. The third-order valence-electron chi connectivity index (χ3n) is 8.60. The van der Waals surface area contributed by atoms with Gasteiger partial charge >= 0.3 is 6.09 Å². The summed E-state index contributed by atoms with van der Waals surface area (Å²) in [5, 5.41) is 9.77. The zero-order chi connectivity index (χ0) is 32.5. The number of likely N-dealkylation sites (N-methyl/N-ethyl adjacent to an activating group) is 1. The van der Waals surface area contributed by atoms with Crippen molar-refractivity contribution in [1.82, 2.24) is 40.4 Å². The number of carbonyl (C=O) groups is 3. The smallest absolute Gasteiger partial charge is 0.407 e. The van der Waals surface area contributed by atoms with Crippen molar-refractivity contribution in [2.75, 3.05) is 40.3 Å². The first-order chi connectivity index (χ1) is 22.9. The number of nitrogens with zero attached hydrogens (tertiary/aromatic N) is 4. The van der Waals surface area contributed by atoms with E-state index >= 15 is 0 Å². The predicted octanol–water partition coefficient (Wildman–Crippen LogP) is 5.09. The van der Waals surface area contributed by atoms with Crippen molar-refractivity contribution >= 4 is 50.0 Å². The lowest BCUT2D eigenvalue weighted by Gasteiger charge is -2.23. The van der Waals surface area contributed by atoms with Crippen molar-refractivity contribution in [3.63, 3.8) is 0 Å². The zero-order valence-electron chi connectivity index (χ0n) is 25.9. The van der Waals surface area contributed by atoms with E-state index in [1.54, 1.807) is 40.8 Å². The summed E-state index contributed by atoms with van der Waals surface area (Å²) in [6.07, 6.45) is 8.82. The highest BCUT2D eigenvalue weighted by Gasteiger charge is 2.32. The minimum atomic E-state index is -0.647. The maximum absolute atomic E-state index is 12.7. The average Bonchev–Trinajstić information content (AvgIpc) is 3.92. The lowest BCUT2D eigenvalue weighted by molar-refractivity contribution is -0.131. The first kappa shape index (κ1) is 30.8. The highest BCUT2D eigenvalue weighted by atomic mass is 32.1. The molecule has 0 aliphatic carbocycles. The van der Waals surface area contributed by atoms with Crippen LogP contribution in [0.5, 0.6) is 0 Å². The molecule has 242 valence electrons. The third-order valence-corrected chi connectivity index (χ3v) is 10.8. The molecule has 7 rings (SSSR count). The molecule has 2 aliphatic heterocycles. The number of carbonyl (C=O) groups excluding carboxylic acids is 3. The first-order valence-corrected chi connectivity index (χ1v) is 17.1. The molecule has 1 saturated heterocycles. The Balaban J connectivity index is 1.06. The van der Waals surface area contributed by atoms with Crippen LogP contribution in [0, 0.1) is 0 Å². The first-order valence-electron chi connectivity index (χ1n) is 15.4. The number of benzene rings is 1. The van der Waals surface area contributed by atoms with E-state index in [-0.39, 0.29) is 30.4 Å². The molecule has 2 aliphatic rings. The van der Waals surface area contributed by atoms with Gasteiger partial charge in [-0.2, -0.15) is 0 Å². The van der Waals surface area contributed by atoms with Crippen LogP contribution in [0.15, 0.2) is 59.6 Å². The Morgan fingerprint density at radius 3 is 2.53 bits per heavy atom. The standard InChI is InChI=1S/C33H34N8O4S2/c1-34-15-27(42)40-11-3-6-26(40)32-36-14-24(39-32)22-18-47-29-21(17-46-30(22)29)19-7-9-20(10-8-19)23-13-35-31(38-23)25-5-4-12-41(25)28(43)16-37-33(44)45-2/h4-5,7-10,13-14,17-18,25-26,34H,3,6,11-12,15-16H2,1-2H3,(H,35,38)(H,36,39)(H,37,44). The highest BCUT2D eigenvalue weighted by molar-refractivity contribution is 7.27. The number of aromatic amines is 2. The fraction of sp³-hybridized carbons (Fsp3) is 0.303. The third kappa shape index (κ3) is 5.95. The number of likely N-dealkylation sites (tertiary alicyclic amines) is 1. The number of rotatable bonds is 9. The van der Waals surface area contributed by atoms with Crippen LogP contribution >= 0.6 is 22.7 Å². The van der Waals surface area contributed by atoms with Crippen molar-refractivity contribution in [3.8, 4) is 33.6 Å². The largest absolute Gasteiger partial charge is 0.453 e. The van der Waals surface area contributed by atoms with Crippen molar-refractivity contribution in [3.05, 3.63) is 71.2 Å². The fourth-order valence-corrected chi connectivity index (χ4v) is 8.68. The molecule has 2 atom stereocenters. The lowest BCUT2D eigenvalue weighted by atomic mass is 10.0. The number of fused-ring (bicyclic) bond motifs is 1. The van der Waals surface area contributed by atoms with Gasteiger partial charge in [-0.05, 0) is 31.0 Å². The highest BCUT2D eigenvalue weighted by Crippen LogP contribution is 2.44. The number of nitrogens with one attached hydrogen (secondary N) is 4. The molecular weight excluding hydrogens is 637 g/mol. The van der Waals surface area contributed by atoms with E-state index in [2.05, 4.69) is 65.3 Å². The molecule has 0 saturated carbocycles. The van der Waals surface area contributed by atoms with Crippen molar-refractivity contribution < 1.29 is 19.1 Å². The predicted molar refractivity (Wildman–Crippen MR) is 182 cm³/mol. The van der Waals surface area contributed by atoms with Gasteiger partial charge in [0.05, 0.1) is 46.7 Å². The van der Waals surface area contributed by atoms with E-state index in [0.29, 0.717) is 18.9 Å². The quantitative estimate of drug-likeness (QED) is 0.160. The van der Waals surface area contributed by atoms with E-state index in [1.165, 1.54) is 22.1 Å². The number of hydrogen-bond acceptors (Lipinski definition) is 9. The zero-order valence-corrected chi connectivity index (χ0v) is 27.5. The number of aromatic nitrogens is 4. The molecule has 47 heavy (non-hydrogen) atoms. The molecule has 14 heteroatoms. The Kier molecular flexibility index (Phi) is 8.62. The molecule has 0 spiro atoms. The molecule has 0 bridgehead atoms. The Morgan fingerprint density at radius 2 is 1.74 bits per heavy atom. The number of thiophene rings is 2. The van der Waals surface area contributed by atoms with Gasteiger partial charge in [-0.3, -0.25) is 9.59 Å². The maximum Gasteiger partial charge on any atom is 0.407 e.